The minimum absolute atomic E-state index is 0. The Hall–Kier alpha value is -1.84. The number of nitrogens with zero attached hydrogens (tertiary/aromatic N) is 2. The van der Waals surface area contributed by atoms with Gasteiger partial charge in [-0.05, 0) is 43.7 Å². The van der Waals surface area contributed by atoms with E-state index in [1.165, 1.54) is 12.1 Å². The zero-order valence-corrected chi connectivity index (χ0v) is 16.4. The molecule has 0 aromatic heterocycles. The summed E-state index contributed by atoms with van der Waals surface area (Å²) in [5.74, 6) is -1.14. The van der Waals surface area contributed by atoms with Gasteiger partial charge < -0.3 is 10.4 Å². The van der Waals surface area contributed by atoms with Gasteiger partial charge in [0.15, 0.2) is 0 Å². The van der Waals surface area contributed by atoms with Crippen molar-refractivity contribution in [3.05, 3.63) is 29.8 Å². The van der Waals surface area contributed by atoms with Crippen molar-refractivity contribution < 1.29 is 27.9 Å². The van der Waals surface area contributed by atoms with Crippen LogP contribution in [0.1, 0.15) is 25.3 Å². The summed E-state index contributed by atoms with van der Waals surface area (Å²) in [7, 11) is 0. The number of nitrogens with one attached hydrogen (secondary N) is 1. The largest absolute Gasteiger partial charge is 0.480 e. The van der Waals surface area contributed by atoms with Crippen molar-refractivity contribution in [2.75, 3.05) is 38.0 Å². The number of alkyl halides is 3. The lowest BCUT2D eigenvalue weighted by Gasteiger charge is -2.37. The van der Waals surface area contributed by atoms with Crippen LogP contribution >= 0.6 is 12.4 Å². The lowest BCUT2D eigenvalue weighted by Crippen LogP contribution is -2.48. The standard InChI is InChI=1S/C18H24F3N3O3.ClH/c1-2-24(12-17(26)27)15-7-9-23(10-8-15)11-16(25)22-14-5-3-13(4-6-14)18(19,20)21;/h3-6,15H,2,7-12H2,1H3,(H,22,25)(H,26,27);1H. The number of halogens is 4. The SMILES string of the molecule is CCN(CC(=O)O)C1CCN(CC(=O)Nc2ccc(C(F)(F)F)cc2)CC1.Cl. The second-order valence-corrected chi connectivity index (χ2v) is 6.59. The van der Waals surface area contributed by atoms with Gasteiger partial charge in [0.25, 0.3) is 0 Å². The highest BCUT2D eigenvalue weighted by molar-refractivity contribution is 5.92. The molecule has 1 amide bonds. The predicted octanol–water partition coefficient (Wildman–Crippen LogP) is 2.94. The molecule has 0 aliphatic carbocycles. The first-order valence-corrected chi connectivity index (χ1v) is 8.84. The molecule has 1 aromatic rings. The number of hydrogen-bond acceptors (Lipinski definition) is 4. The fourth-order valence-corrected chi connectivity index (χ4v) is 3.26. The number of carboxylic acid groups (broad SMARTS) is 1. The molecule has 0 atom stereocenters. The maximum absolute atomic E-state index is 12.5. The van der Waals surface area contributed by atoms with Crippen molar-refractivity contribution in [2.24, 2.45) is 0 Å². The topological polar surface area (TPSA) is 72.9 Å². The first-order chi connectivity index (χ1) is 12.7. The predicted molar refractivity (Wildman–Crippen MR) is 102 cm³/mol. The lowest BCUT2D eigenvalue weighted by atomic mass is 10.0. The zero-order valence-electron chi connectivity index (χ0n) is 15.5. The number of rotatable bonds is 7. The van der Waals surface area contributed by atoms with Crippen LogP contribution in [0.5, 0.6) is 0 Å². The molecular formula is C18H25ClF3N3O3. The molecule has 0 radical (unpaired) electrons. The number of carbonyl (C=O) groups excluding carboxylic acids is 1. The van der Waals surface area contributed by atoms with E-state index in [2.05, 4.69) is 5.32 Å². The van der Waals surface area contributed by atoms with Crippen LogP contribution in [0.15, 0.2) is 24.3 Å². The van der Waals surface area contributed by atoms with Gasteiger partial charge >= 0.3 is 12.1 Å². The summed E-state index contributed by atoms with van der Waals surface area (Å²) in [6, 6.07) is 4.52. The van der Waals surface area contributed by atoms with Crippen molar-refractivity contribution in [3.8, 4) is 0 Å². The Bertz CT molecular complexity index is 648. The molecule has 10 heteroatoms. The number of carbonyl (C=O) groups is 2. The van der Waals surface area contributed by atoms with Gasteiger partial charge in [-0.25, -0.2) is 0 Å². The van der Waals surface area contributed by atoms with E-state index in [0.717, 1.165) is 25.0 Å². The summed E-state index contributed by atoms with van der Waals surface area (Å²) in [5.41, 5.74) is -0.439. The maximum Gasteiger partial charge on any atom is 0.416 e. The molecule has 158 valence electrons. The molecule has 28 heavy (non-hydrogen) atoms. The smallest absolute Gasteiger partial charge is 0.416 e. The Morgan fingerprint density at radius 1 is 1.21 bits per heavy atom. The molecule has 0 bridgehead atoms. The molecule has 1 saturated heterocycles. The molecule has 0 spiro atoms. The Kier molecular flexibility index (Phi) is 9.19. The van der Waals surface area contributed by atoms with E-state index in [4.69, 9.17) is 5.11 Å². The Morgan fingerprint density at radius 3 is 2.25 bits per heavy atom. The molecule has 0 saturated carbocycles. The number of anilines is 1. The molecule has 1 aliphatic rings. The van der Waals surface area contributed by atoms with E-state index in [-0.39, 0.29) is 37.4 Å². The molecule has 1 heterocycles. The van der Waals surface area contributed by atoms with Crippen LogP contribution in [0.3, 0.4) is 0 Å². The monoisotopic (exact) mass is 423 g/mol. The summed E-state index contributed by atoms with van der Waals surface area (Å²) >= 11 is 0. The third kappa shape index (κ3) is 7.29. The average Bonchev–Trinajstić information content (AvgIpc) is 2.60. The van der Waals surface area contributed by atoms with Crippen molar-refractivity contribution in [1.29, 1.82) is 0 Å². The molecule has 0 unspecified atom stereocenters. The summed E-state index contributed by atoms with van der Waals surface area (Å²) in [6.07, 6.45) is -2.86. The minimum atomic E-state index is -4.40. The Morgan fingerprint density at radius 2 is 1.79 bits per heavy atom. The van der Waals surface area contributed by atoms with Gasteiger partial charge in [-0.15, -0.1) is 12.4 Å². The number of likely N-dealkylation sites (N-methyl/N-ethyl adjacent to an activating group) is 1. The third-order valence-corrected chi connectivity index (χ3v) is 4.68. The molecular weight excluding hydrogens is 399 g/mol. The van der Waals surface area contributed by atoms with E-state index in [0.29, 0.717) is 25.3 Å². The maximum atomic E-state index is 12.5. The van der Waals surface area contributed by atoms with E-state index in [9.17, 15) is 22.8 Å². The molecule has 1 fully saturated rings. The van der Waals surface area contributed by atoms with Gasteiger partial charge in [-0.1, -0.05) is 6.92 Å². The number of likely N-dealkylation sites (tertiary alicyclic amines) is 1. The van der Waals surface area contributed by atoms with Gasteiger partial charge in [-0.3, -0.25) is 19.4 Å². The second kappa shape index (κ2) is 10.6. The van der Waals surface area contributed by atoms with Crippen LogP contribution in [-0.2, 0) is 15.8 Å². The fourth-order valence-electron chi connectivity index (χ4n) is 3.26. The van der Waals surface area contributed by atoms with Crippen LogP contribution in [0.4, 0.5) is 18.9 Å². The van der Waals surface area contributed by atoms with Crippen LogP contribution in [0.25, 0.3) is 0 Å². The Balaban J connectivity index is 0.00000392. The van der Waals surface area contributed by atoms with E-state index >= 15 is 0 Å². The first-order valence-electron chi connectivity index (χ1n) is 8.84. The lowest BCUT2D eigenvalue weighted by molar-refractivity contribution is -0.139. The minimum Gasteiger partial charge on any atom is -0.480 e. The normalized spacial score (nSPS) is 15.9. The fraction of sp³-hybridized carbons (Fsp3) is 0.556. The number of aliphatic carboxylic acids is 1. The van der Waals surface area contributed by atoms with Crippen LogP contribution < -0.4 is 5.32 Å². The van der Waals surface area contributed by atoms with Gasteiger partial charge in [0, 0.05) is 24.8 Å². The number of amides is 1. The van der Waals surface area contributed by atoms with Crippen molar-refractivity contribution >= 4 is 30.0 Å². The van der Waals surface area contributed by atoms with Crippen molar-refractivity contribution in [2.45, 2.75) is 32.0 Å². The van der Waals surface area contributed by atoms with Gasteiger partial charge in [0.05, 0.1) is 18.7 Å². The van der Waals surface area contributed by atoms with E-state index in [1.807, 2.05) is 16.7 Å². The molecule has 2 rings (SSSR count). The van der Waals surface area contributed by atoms with E-state index < -0.39 is 17.7 Å². The third-order valence-electron chi connectivity index (χ3n) is 4.68. The highest BCUT2D eigenvalue weighted by Gasteiger charge is 2.30. The summed E-state index contributed by atoms with van der Waals surface area (Å²) in [5, 5.41) is 11.6. The van der Waals surface area contributed by atoms with Gasteiger partial charge in [0.2, 0.25) is 5.91 Å². The van der Waals surface area contributed by atoms with Crippen LogP contribution in [-0.4, -0.2) is 65.5 Å². The van der Waals surface area contributed by atoms with Crippen LogP contribution in [0, 0.1) is 0 Å². The van der Waals surface area contributed by atoms with E-state index in [1.54, 1.807) is 0 Å². The highest BCUT2D eigenvalue weighted by Crippen LogP contribution is 2.29. The quantitative estimate of drug-likeness (QED) is 0.705. The van der Waals surface area contributed by atoms with Gasteiger partial charge in [0.1, 0.15) is 0 Å². The first kappa shape index (κ1) is 24.2. The summed E-state index contributed by atoms with van der Waals surface area (Å²) in [6.45, 7) is 4.08. The number of hydrogen-bond donors (Lipinski definition) is 2. The highest BCUT2D eigenvalue weighted by atomic mass is 35.5. The van der Waals surface area contributed by atoms with Crippen LogP contribution in [0.2, 0.25) is 0 Å². The number of benzene rings is 1. The molecule has 1 aliphatic heterocycles. The van der Waals surface area contributed by atoms with Gasteiger partial charge in [-0.2, -0.15) is 13.2 Å². The summed E-state index contributed by atoms with van der Waals surface area (Å²) < 4.78 is 37.6. The average molecular weight is 424 g/mol. The van der Waals surface area contributed by atoms with Crippen molar-refractivity contribution in [3.63, 3.8) is 0 Å². The second-order valence-electron chi connectivity index (χ2n) is 6.59. The molecule has 2 N–H and O–H groups in total. The molecule has 6 nitrogen and oxygen atoms in total. The Labute approximate surface area is 168 Å². The zero-order chi connectivity index (χ0) is 20.0. The van der Waals surface area contributed by atoms with Crippen molar-refractivity contribution in [1.82, 2.24) is 9.80 Å². The molecule has 1 aromatic carbocycles. The number of carboxylic acids is 1. The number of piperidine rings is 1. The summed E-state index contributed by atoms with van der Waals surface area (Å²) in [4.78, 5) is 26.9.